The average Bonchev–Trinajstić information content (AvgIpc) is 2.71. The van der Waals surface area contributed by atoms with Gasteiger partial charge in [0.2, 0.25) is 5.91 Å². The van der Waals surface area contributed by atoms with E-state index >= 15 is 0 Å². The molecule has 1 aromatic carbocycles. The highest BCUT2D eigenvalue weighted by Crippen LogP contribution is 2.23. The third kappa shape index (κ3) is 2.42. The Balaban J connectivity index is 2.14. The van der Waals surface area contributed by atoms with Crippen molar-refractivity contribution in [3.05, 3.63) is 35.9 Å². The third-order valence-corrected chi connectivity index (χ3v) is 3.32. The summed E-state index contributed by atoms with van der Waals surface area (Å²) >= 11 is 5.12. The molecule has 0 N–H and O–H groups in total. The maximum absolute atomic E-state index is 12.2. The van der Waals surface area contributed by atoms with Crippen LogP contribution in [0.2, 0.25) is 0 Å². The van der Waals surface area contributed by atoms with E-state index in [1.165, 1.54) is 11.8 Å². The minimum absolute atomic E-state index is 0.0664. The number of rotatable bonds is 2. The fourth-order valence-electron chi connectivity index (χ4n) is 2.03. The third-order valence-electron chi connectivity index (χ3n) is 2.93. The van der Waals surface area contributed by atoms with E-state index in [1.807, 2.05) is 18.2 Å². The normalized spacial score (nSPS) is 19.5. The van der Waals surface area contributed by atoms with Crippen molar-refractivity contribution in [3.8, 4) is 0 Å². The van der Waals surface area contributed by atoms with Crippen LogP contribution < -0.4 is 0 Å². The molecule has 0 bridgehead atoms. The highest BCUT2D eigenvalue weighted by atomic mass is 32.1. The van der Waals surface area contributed by atoms with Crippen molar-refractivity contribution in [1.82, 2.24) is 4.90 Å². The second-order valence-corrected chi connectivity index (χ2v) is 4.63. The van der Waals surface area contributed by atoms with E-state index < -0.39 is 0 Å². The number of thiocarbonyl (C=S) groups is 1. The van der Waals surface area contributed by atoms with Gasteiger partial charge in [-0.2, -0.15) is 0 Å². The lowest BCUT2D eigenvalue weighted by Gasteiger charge is -2.13. The van der Waals surface area contributed by atoms with Gasteiger partial charge >= 0.3 is 0 Å². The molecule has 1 aliphatic rings. The topological polar surface area (TPSA) is 37.4 Å². The van der Waals surface area contributed by atoms with Gasteiger partial charge in [-0.1, -0.05) is 42.5 Å². The lowest BCUT2D eigenvalue weighted by molar-refractivity contribution is -0.124. The molecule has 0 spiro atoms. The molecule has 0 aromatic heterocycles. The molecule has 0 saturated carbocycles. The fourth-order valence-corrected chi connectivity index (χ4v) is 2.43. The minimum Gasteiger partial charge on any atom is -0.306 e. The maximum Gasteiger partial charge on any atom is 0.224 e. The second kappa shape index (κ2) is 4.75. The van der Waals surface area contributed by atoms with Gasteiger partial charge < -0.3 is 4.90 Å². The van der Waals surface area contributed by atoms with E-state index in [0.717, 1.165) is 0 Å². The van der Waals surface area contributed by atoms with Gasteiger partial charge in [-0.25, -0.2) is 0 Å². The second-order valence-electron chi connectivity index (χ2n) is 4.15. The van der Waals surface area contributed by atoms with Crippen LogP contribution in [0.1, 0.15) is 23.7 Å². The minimum atomic E-state index is -0.186. The smallest absolute Gasteiger partial charge is 0.224 e. The predicted octanol–water partition coefficient (Wildman–Crippen LogP) is 2.07. The van der Waals surface area contributed by atoms with Gasteiger partial charge in [-0.05, 0) is 0 Å². The molecule has 17 heavy (non-hydrogen) atoms. The van der Waals surface area contributed by atoms with Crippen LogP contribution >= 0.6 is 12.2 Å². The van der Waals surface area contributed by atoms with Crippen molar-refractivity contribution in [2.24, 2.45) is 5.92 Å². The summed E-state index contributed by atoms with van der Waals surface area (Å²) < 4.78 is 0. The number of benzene rings is 1. The first-order chi connectivity index (χ1) is 8.09. The Labute approximate surface area is 105 Å². The molecule has 1 aromatic rings. The van der Waals surface area contributed by atoms with E-state index in [-0.39, 0.29) is 17.6 Å². The largest absolute Gasteiger partial charge is 0.306 e. The fraction of sp³-hybridized carbons (Fsp3) is 0.308. The molecule has 1 fully saturated rings. The van der Waals surface area contributed by atoms with E-state index in [1.54, 1.807) is 12.1 Å². The quantitative estimate of drug-likeness (QED) is 0.593. The number of hydrogen-bond donors (Lipinski definition) is 0. The Kier molecular flexibility index (Phi) is 3.33. The Morgan fingerprint density at radius 3 is 2.47 bits per heavy atom. The van der Waals surface area contributed by atoms with E-state index in [9.17, 15) is 9.59 Å². The van der Waals surface area contributed by atoms with Crippen molar-refractivity contribution in [2.45, 2.75) is 13.3 Å². The highest BCUT2D eigenvalue weighted by molar-refractivity contribution is 7.80. The van der Waals surface area contributed by atoms with Crippen LogP contribution in [-0.2, 0) is 4.79 Å². The van der Waals surface area contributed by atoms with Crippen LogP contribution in [0.15, 0.2) is 30.3 Å². The van der Waals surface area contributed by atoms with Crippen LogP contribution in [0, 0.1) is 5.92 Å². The molecule has 1 aliphatic heterocycles. The Bertz CT molecular complexity index is 470. The van der Waals surface area contributed by atoms with Crippen LogP contribution in [0.25, 0.3) is 0 Å². The molecule has 1 saturated heterocycles. The van der Waals surface area contributed by atoms with Gasteiger partial charge in [0.25, 0.3) is 0 Å². The first kappa shape index (κ1) is 11.9. The van der Waals surface area contributed by atoms with Crippen LogP contribution in [0.3, 0.4) is 0 Å². The lowest BCUT2D eigenvalue weighted by atomic mass is 9.97. The summed E-state index contributed by atoms with van der Waals surface area (Å²) in [6.07, 6.45) is 0.503. The van der Waals surface area contributed by atoms with Gasteiger partial charge in [-0.15, -0.1) is 0 Å². The van der Waals surface area contributed by atoms with Crippen LogP contribution in [-0.4, -0.2) is 28.1 Å². The summed E-state index contributed by atoms with van der Waals surface area (Å²) in [6.45, 7) is 1.89. The number of likely N-dealkylation sites (tertiary alicyclic amines) is 1. The Morgan fingerprint density at radius 2 is 1.94 bits per heavy atom. The maximum atomic E-state index is 12.2. The van der Waals surface area contributed by atoms with E-state index in [0.29, 0.717) is 23.5 Å². The lowest BCUT2D eigenvalue weighted by Crippen LogP contribution is -2.29. The Morgan fingerprint density at radius 1 is 1.29 bits per heavy atom. The van der Waals surface area contributed by atoms with Gasteiger partial charge in [-0.3, -0.25) is 9.59 Å². The molecule has 1 atom stereocenters. The number of carbonyl (C=O) groups excluding carboxylic acids is 2. The highest BCUT2D eigenvalue weighted by Gasteiger charge is 2.33. The molecule has 3 nitrogen and oxygen atoms in total. The number of carbonyl (C=O) groups is 2. The van der Waals surface area contributed by atoms with E-state index in [2.05, 4.69) is 0 Å². The average molecular weight is 247 g/mol. The first-order valence-electron chi connectivity index (χ1n) is 5.50. The zero-order valence-electron chi connectivity index (χ0n) is 9.55. The zero-order valence-corrected chi connectivity index (χ0v) is 10.4. The van der Waals surface area contributed by atoms with Gasteiger partial charge in [0.1, 0.15) is 0 Å². The number of amides is 1. The van der Waals surface area contributed by atoms with Crippen molar-refractivity contribution in [1.29, 1.82) is 0 Å². The molecule has 88 valence electrons. The summed E-state index contributed by atoms with van der Waals surface area (Å²) in [5, 5.41) is 0. The monoisotopic (exact) mass is 247 g/mol. The first-order valence-corrected chi connectivity index (χ1v) is 5.90. The molecular formula is C13H13NO2S. The predicted molar refractivity (Wildman–Crippen MR) is 68.9 cm³/mol. The van der Waals surface area contributed by atoms with Crippen molar-refractivity contribution in [2.75, 3.05) is 6.54 Å². The standard InChI is InChI=1S/C13H13NO2S/c1-9(15)14-8-11(7-12(14)17)13(16)10-5-3-2-4-6-10/h2-6,11H,7-8H2,1H3. The Hall–Kier alpha value is -1.55. The van der Waals surface area contributed by atoms with Crippen molar-refractivity contribution < 1.29 is 9.59 Å². The summed E-state index contributed by atoms with van der Waals surface area (Å²) in [4.78, 5) is 25.5. The number of ketones is 1. The molecule has 1 unspecified atom stereocenters. The molecule has 1 amide bonds. The number of Topliss-reactive ketones (excluding diaryl/α,β-unsaturated/α-hetero) is 1. The van der Waals surface area contributed by atoms with Crippen LogP contribution in [0.4, 0.5) is 0 Å². The summed E-state index contributed by atoms with van der Waals surface area (Å²) in [5.41, 5.74) is 0.686. The number of hydrogen-bond acceptors (Lipinski definition) is 3. The molecule has 1 heterocycles. The molecule has 0 aliphatic carbocycles. The molecular weight excluding hydrogens is 234 g/mol. The zero-order chi connectivity index (χ0) is 12.4. The van der Waals surface area contributed by atoms with E-state index in [4.69, 9.17) is 12.2 Å². The summed E-state index contributed by atoms with van der Waals surface area (Å²) in [5.74, 6) is -0.205. The SMILES string of the molecule is CC(=O)N1CC(C(=O)c2ccccc2)CC1=S. The number of nitrogens with zero attached hydrogens (tertiary/aromatic N) is 1. The molecule has 0 radical (unpaired) electrons. The van der Waals surface area contributed by atoms with Gasteiger partial charge in [0.15, 0.2) is 5.78 Å². The van der Waals surface area contributed by atoms with Gasteiger partial charge in [0.05, 0.1) is 4.99 Å². The van der Waals surface area contributed by atoms with Crippen molar-refractivity contribution in [3.63, 3.8) is 0 Å². The van der Waals surface area contributed by atoms with Gasteiger partial charge in [0, 0.05) is 31.4 Å². The summed E-state index contributed by atoms with van der Waals surface area (Å²) in [7, 11) is 0. The van der Waals surface area contributed by atoms with Crippen molar-refractivity contribution >= 4 is 28.9 Å². The van der Waals surface area contributed by atoms with Crippen LogP contribution in [0.5, 0.6) is 0 Å². The summed E-state index contributed by atoms with van der Waals surface area (Å²) in [6, 6.07) is 9.13. The molecule has 2 rings (SSSR count). The molecule has 4 heteroatoms.